The summed E-state index contributed by atoms with van der Waals surface area (Å²) < 4.78 is 12.5. The van der Waals surface area contributed by atoms with Crippen LogP contribution in [0.3, 0.4) is 0 Å². The van der Waals surface area contributed by atoms with Crippen LogP contribution in [0, 0.1) is 0 Å². The summed E-state index contributed by atoms with van der Waals surface area (Å²) in [6, 6.07) is 2.31. The van der Waals surface area contributed by atoms with Crippen LogP contribution in [-0.4, -0.2) is 32.5 Å². The molecule has 0 bridgehead atoms. The van der Waals surface area contributed by atoms with Crippen LogP contribution in [0.5, 0.6) is 0 Å². The van der Waals surface area contributed by atoms with E-state index in [0.717, 1.165) is 17.4 Å². The molecule has 1 aromatic heterocycles. The Bertz CT molecular complexity index is 339. The summed E-state index contributed by atoms with van der Waals surface area (Å²) in [7, 11) is 0. The van der Waals surface area contributed by atoms with Gasteiger partial charge < -0.3 is 14.8 Å². The molecule has 2 rings (SSSR count). The molecule has 0 radical (unpaired) electrons. The molecule has 0 aromatic carbocycles. The van der Waals surface area contributed by atoms with Gasteiger partial charge in [-0.25, -0.2) is 0 Å². The topological polar surface area (TPSA) is 30.5 Å². The molecule has 17 heavy (non-hydrogen) atoms. The van der Waals surface area contributed by atoms with Gasteiger partial charge in [0, 0.05) is 9.35 Å². The van der Waals surface area contributed by atoms with Crippen LogP contribution < -0.4 is 5.32 Å². The van der Waals surface area contributed by atoms with Gasteiger partial charge in [0.15, 0.2) is 0 Å². The summed E-state index contributed by atoms with van der Waals surface area (Å²) in [5.74, 6) is 0. The van der Waals surface area contributed by atoms with Crippen molar-refractivity contribution in [2.24, 2.45) is 0 Å². The summed E-state index contributed by atoms with van der Waals surface area (Å²) >= 11 is 5.36. The number of nitrogens with one attached hydrogen (secondary N) is 1. The molecule has 2 unspecified atom stereocenters. The lowest BCUT2D eigenvalue weighted by Gasteiger charge is -2.31. The van der Waals surface area contributed by atoms with Gasteiger partial charge in [0.1, 0.15) is 6.10 Å². The van der Waals surface area contributed by atoms with E-state index < -0.39 is 0 Å². The molecule has 1 fully saturated rings. The quantitative estimate of drug-likeness (QED) is 0.905. The second kappa shape index (κ2) is 6.85. The van der Waals surface area contributed by atoms with Crippen molar-refractivity contribution >= 4 is 27.3 Å². The lowest BCUT2D eigenvalue weighted by molar-refractivity contribution is -0.102. The van der Waals surface area contributed by atoms with E-state index >= 15 is 0 Å². The van der Waals surface area contributed by atoms with Crippen molar-refractivity contribution in [3.8, 4) is 0 Å². The van der Waals surface area contributed by atoms with E-state index in [4.69, 9.17) is 9.47 Å². The first-order valence-electron chi connectivity index (χ1n) is 5.98. The average Bonchev–Trinajstić information content (AvgIpc) is 2.78. The van der Waals surface area contributed by atoms with Crippen LogP contribution in [0.15, 0.2) is 15.9 Å². The van der Waals surface area contributed by atoms with Crippen LogP contribution in [0.25, 0.3) is 0 Å². The SMILES string of the molecule is CCCNC(c1sccc1Br)C1COCCO1. The van der Waals surface area contributed by atoms with Crippen molar-refractivity contribution in [2.45, 2.75) is 25.5 Å². The van der Waals surface area contributed by atoms with Crippen LogP contribution in [0.2, 0.25) is 0 Å². The van der Waals surface area contributed by atoms with Gasteiger partial charge in [-0.3, -0.25) is 0 Å². The summed E-state index contributed by atoms with van der Waals surface area (Å²) in [4.78, 5) is 1.30. The lowest BCUT2D eigenvalue weighted by atomic mass is 10.1. The first-order valence-corrected chi connectivity index (χ1v) is 7.65. The highest BCUT2D eigenvalue weighted by Crippen LogP contribution is 2.32. The first kappa shape index (κ1) is 13.5. The van der Waals surface area contributed by atoms with E-state index in [1.807, 2.05) is 0 Å². The monoisotopic (exact) mass is 319 g/mol. The van der Waals surface area contributed by atoms with Gasteiger partial charge >= 0.3 is 0 Å². The van der Waals surface area contributed by atoms with Gasteiger partial charge in [-0.1, -0.05) is 6.92 Å². The molecule has 1 aliphatic rings. The lowest BCUT2D eigenvalue weighted by Crippen LogP contribution is -2.40. The normalized spacial score (nSPS) is 22.6. The smallest absolute Gasteiger partial charge is 0.101 e. The molecular weight excluding hydrogens is 302 g/mol. The van der Waals surface area contributed by atoms with E-state index in [0.29, 0.717) is 19.8 Å². The highest BCUT2D eigenvalue weighted by molar-refractivity contribution is 9.10. The molecule has 1 N–H and O–H groups in total. The van der Waals surface area contributed by atoms with Gasteiger partial charge in [-0.2, -0.15) is 0 Å². The van der Waals surface area contributed by atoms with Gasteiger partial charge in [-0.15, -0.1) is 11.3 Å². The van der Waals surface area contributed by atoms with Crippen molar-refractivity contribution in [2.75, 3.05) is 26.4 Å². The third-order valence-corrected chi connectivity index (χ3v) is 4.71. The number of ether oxygens (including phenoxy) is 2. The molecule has 1 aromatic rings. The zero-order valence-electron chi connectivity index (χ0n) is 9.95. The number of hydrogen-bond acceptors (Lipinski definition) is 4. The summed E-state index contributed by atoms with van der Waals surface area (Å²) in [5.41, 5.74) is 0. The predicted molar refractivity (Wildman–Crippen MR) is 73.6 cm³/mol. The van der Waals surface area contributed by atoms with Gasteiger partial charge in [0.25, 0.3) is 0 Å². The molecule has 0 amide bonds. The fourth-order valence-corrected chi connectivity index (χ4v) is 3.67. The first-order chi connectivity index (χ1) is 8.33. The standard InChI is InChI=1S/C12H18BrNO2S/c1-2-4-14-11(10-8-15-5-6-16-10)12-9(13)3-7-17-12/h3,7,10-11,14H,2,4-6,8H2,1H3. The molecule has 1 aliphatic heterocycles. The van der Waals surface area contributed by atoms with Crippen LogP contribution in [-0.2, 0) is 9.47 Å². The predicted octanol–water partition coefficient (Wildman–Crippen LogP) is 2.97. The minimum Gasteiger partial charge on any atom is -0.376 e. The Hall–Kier alpha value is 0.0600. The second-order valence-electron chi connectivity index (χ2n) is 4.05. The maximum absolute atomic E-state index is 5.81. The van der Waals surface area contributed by atoms with E-state index in [1.165, 1.54) is 4.88 Å². The maximum Gasteiger partial charge on any atom is 0.101 e. The molecule has 5 heteroatoms. The zero-order chi connectivity index (χ0) is 12.1. The summed E-state index contributed by atoms with van der Waals surface area (Å²) in [6.45, 7) is 5.24. The Kier molecular flexibility index (Phi) is 5.44. The van der Waals surface area contributed by atoms with Crippen LogP contribution >= 0.6 is 27.3 Å². The average molecular weight is 320 g/mol. The molecule has 2 heterocycles. The van der Waals surface area contributed by atoms with Gasteiger partial charge in [0.2, 0.25) is 0 Å². The largest absolute Gasteiger partial charge is 0.376 e. The van der Waals surface area contributed by atoms with Crippen molar-refractivity contribution in [3.05, 3.63) is 20.8 Å². The molecule has 3 nitrogen and oxygen atoms in total. The Balaban J connectivity index is 2.09. The molecule has 1 saturated heterocycles. The fourth-order valence-electron chi connectivity index (χ4n) is 1.92. The van der Waals surface area contributed by atoms with E-state index in [2.05, 4.69) is 39.6 Å². The third-order valence-electron chi connectivity index (χ3n) is 2.75. The van der Waals surface area contributed by atoms with Crippen molar-refractivity contribution in [3.63, 3.8) is 0 Å². The Morgan fingerprint density at radius 1 is 1.59 bits per heavy atom. The van der Waals surface area contributed by atoms with E-state index in [1.54, 1.807) is 11.3 Å². The van der Waals surface area contributed by atoms with Crippen molar-refractivity contribution in [1.29, 1.82) is 0 Å². The zero-order valence-corrected chi connectivity index (χ0v) is 12.4. The Morgan fingerprint density at radius 3 is 3.06 bits per heavy atom. The Labute approximate surface area is 115 Å². The van der Waals surface area contributed by atoms with E-state index in [-0.39, 0.29) is 12.1 Å². The molecule has 0 saturated carbocycles. The molecule has 0 spiro atoms. The number of rotatable bonds is 5. The number of halogens is 1. The maximum atomic E-state index is 5.81. The molecule has 2 atom stereocenters. The van der Waals surface area contributed by atoms with Crippen LogP contribution in [0.4, 0.5) is 0 Å². The molecular formula is C12H18BrNO2S. The minimum absolute atomic E-state index is 0.116. The Morgan fingerprint density at radius 2 is 2.47 bits per heavy atom. The summed E-state index contributed by atoms with van der Waals surface area (Å²) in [5, 5.41) is 5.66. The molecule has 0 aliphatic carbocycles. The number of thiophene rings is 1. The van der Waals surface area contributed by atoms with Crippen molar-refractivity contribution < 1.29 is 9.47 Å². The molecule has 96 valence electrons. The second-order valence-corrected chi connectivity index (χ2v) is 5.85. The highest BCUT2D eigenvalue weighted by atomic mass is 79.9. The van der Waals surface area contributed by atoms with Crippen LogP contribution in [0.1, 0.15) is 24.3 Å². The van der Waals surface area contributed by atoms with Gasteiger partial charge in [0.05, 0.1) is 25.9 Å². The fraction of sp³-hybridized carbons (Fsp3) is 0.667. The van der Waals surface area contributed by atoms with E-state index in [9.17, 15) is 0 Å². The minimum atomic E-state index is 0.116. The number of hydrogen-bond donors (Lipinski definition) is 1. The summed E-state index contributed by atoms with van der Waals surface area (Å²) in [6.07, 6.45) is 1.23. The van der Waals surface area contributed by atoms with Crippen molar-refractivity contribution in [1.82, 2.24) is 5.32 Å². The highest BCUT2D eigenvalue weighted by Gasteiger charge is 2.28. The third kappa shape index (κ3) is 3.51. The van der Waals surface area contributed by atoms with Gasteiger partial charge in [-0.05, 0) is 40.3 Å².